The van der Waals surface area contributed by atoms with Gasteiger partial charge in [0.1, 0.15) is 11.9 Å². The van der Waals surface area contributed by atoms with Crippen LogP contribution >= 0.6 is 0 Å². The van der Waals surface area contributed by atoms with Crippen LogP contribution < -0.4 is 5.32 Å². The highest BCUT2D eigenvalue weighted by Gasteiger charge is 2.44. The Bertz CT molecular complexity index is 860. The molecule has 3 rings (SSSR count). The molecule has 0 fully saturated rings. The van der Waals surface area contributed by atoms with E-state index in [0.717, 1.165) is 10.5 Å². The molecule has 1 heterocycles. The van der Waals surface area contributed by atoms with E-state index in [1.165, 1.54) is 12.1 Å². The van der Waals surface area contributed by atoms with E-state index in [9.17, 15) is 18.8 Å². The summed E-state index contributed by atoms with van der Waals surface area (Å²) in [4.78, 5) is 39.6. The first-order valence-corrected chi connectivity index (χ1v) is 9.43. The maximum absolute atomic E-state index is 13.0. The van der Waals surface area contributed by atoms with Gasteiger partial charge in [-0.2, -0.15) is 0 Å². The van der Waals surface area contributed by atoms with Gasteiger partial charge in [-0.05, 0) is 42.2 Å². The van der Waals surface area contributed by atoms with Gasteiger partial charge in [0.15, 0.2) is 0 Å². The fourth-order valence-corrected chi connectivity index (χ4v) is 3.40. The molecule has 146 valence electrons. The first-order chi connectivity index (χ1) is 13.4. The predicted octanol–water partition coefficient (Wildman–Crippen LogP) is 3.20. The Morgan fingerprint density at radius 3 is 2.14 bits per heavy atom. The molecule has 0 spiro atoms. The summed E-state index contributed by atoms with van der Waals surface area (Å²) in [6, 6.07) is 11.8. The van der Waals surface area contributed by atoms with Gasteiger partial charge in [-0.25, -0.2) is 4.39 Å². The van der Waals surface area contributed by atoms with Crippen molar-refractivity contribution >= 4 is 17.7 Å². The van der Waals surface area contributed by atoms with E-state index in [2.05, 4.69) is 5.32 Å². The summed E-state index contributed by atoms with van der Waals surface area (Å²) in [6.07, 6.45) is 1.17. The van der Waals surface area contributed by atoms with Gasteiger partial charge in [0.25, 0.3) is 11.8 Å². The molecule has 2 atom stereocenters. The standard InChI is InChI=1S/C22H23FN2O3/c1-3-14(2)19(20(26)24-13-12-15-8-10-16(23)11-9-15)25-21(27)17-6-4-5-7-18(17)22(25)28/h4-11,14,19H,3,12-13H2,1-2H3,(H,24,26). The maximum Gasteiger partial charge on any atom is 0.262 e. The second-order valence-electron chi connectivity index (χ2n) is 7.02. The van der Waals surface area contributed by atoms with Crippen LogP contribution in [0.5, 0.6) is 0 Å². The maximum atomic E-state index is 13.0. The minimum Gasteiger partial charge on any atom is -0.354 e. The Labute approximate surface area is 163 Å². The van der Waals surface area contributed by atoms with E-state index < -0.39 is 17.9 Å². The second kappa shape index (κ2) is 8.33. The minimum atomic E-state index is -0.870. The molecule has 0 radical (unpaired) electrons. The van der Waals surface area contributed by atoms with Gasteiger partial charge in [-0.15, -0.1) is 0 Å². The van der Waals surface area contributed by atoms with Crippen molar-refractivity contribution in [1.82, 2.24) is 10.2 Å². The molecule has 1 N–H and O–H groups in total. The zero-order valence-corrected chi connectivity index (χ0v) is 15.9. The van der Waals surface area contributed by atoms with E-state index in [1.54, 1.807) is 36.4 Å². The third kappa shape index (κ3) is 3.81. The van der Waals surface area contributed by atoms with Crippen molar-refractivity contribution in [2.45, 2.75) is 32.7 Å². The summed E-state index contributed by atoms with van der Waals surface area (Å²) in [5.41, 5.74) is 1.56. The highest BCUT2D eigenvalue weighted by atomic mass is 19.1. The Morgan fingerprint density at radius 1 is 1.04 bits per heavy atom. The number of fused-ring (bicyclic) bond motifs is 1. The fraction of sp³-hybridized carbons (Fsp3) is 0.318. The van der Waals surface area contributed by atoms with Crippen molar-refractivity contribution in [1.29, 1.82) is 0 Å². The third-order valence-corrected chi connectivity index (χ3v) is 5.18. The summed E-state index contributed by atoms with van der Waals surface area (Å²) in [6.45, 7) is 4.11. The highest BCUT2D eigenvalue weighted by Crippen LogP contribution is 2.28. The largest absolute Gasteiger partial charge is 0.354 e. The molecular formula is C22H23FN2O3. The van der Waals surface area contributed by atoms with Crippen LogP contribution in [-0.4, -0.2) is 35.2 Å². The summed E-state index contributed by atoms with van der Waals surface area (Å²) >= 11 is 0. The smallest absolute Gasteiger partial charge is 0.262 e. The topological polar surface area (TPSA) is 66.5 Å². The first kappa shape index (κ1) is 19.7. The molecule has 0 aromatic heterocycles. The van der Waals surface area contributed by atoms with Crippen LogP contribution in [0.15, 0.2) is 48.5 Å². The Balaban J connectivity index is 1.73. The molecule has 2 aromatic rings. The number of imide groups is 1. The average Bonchev–Trinajstić information content (AvgIpc) is 2.95. The predicted molar refractivity (Wildman–Crippen MR) is 103 cm³/mol. The van der Waals surface area contributed by atoms with Crippen LogP contribution in [0.2, 0.25) is 0 Å². The SMILES string of the molecule is CCC(C)C(C(=O)NCCc1ccc(F)cc1)N1C(=O)c2ccccc2C1=O. The number of halogens is 1. The third-order valence-electron chi connectivity index (χ3n) is 5.18. The lowest BCUT2D eigenvalue weighted by Gasteiger charge is -2.29. The number of carbonyl (C=O) groups excluding carboxylic acids is 3. The number of hydrogen-bond donors (Lipinski definition) is 1. The highest BCUT2D eigenvalue weighted by molar-refractivity contribution is 6.22. The van der Waals surface area contributed by atoms with E-state index in [0.29, 0.717) is 30.5 Å². The van der Waals surface area contributed by atoms with Crippen molar-refractivity contribution < 1.29 is 18.8 Å². The van der Waals surface area contributed by atoms with Gasteiger partial charge in [-0.1, -0.05) is 44.5 Å². The molecule has 0 aliphatic carbocycles. The van der Waals surface area contributed by atoms with Gasteiger partial charge in [0.2, 0.25) is 5.91 Å². The first-order valence-electron chi connectivity index (χ1n) is 9.43. The normalized spacial score (nSPS) is 15.3. The number of nitrogens with one attached hydrogen (secondary N) is 1. The lowest BCUT2D eigenvalue weighted by Crippen LogP contribution is -2.53. The number of amides is 3. The van der Waals surface area contributed by atoms with Gasteiger partial charge in [0, 0.05) is 6.54 Å². The molecule has 6 heteroatoms. The lowest BCUT2D eigenvalue weighted by atomic mass is 9.96. The number of benzene rings is 2. The monoisotopic (exact) mass is 382 g/mol. The number of hydrogen-bond acceptors (Lipinski definition) is 3. The van der Waals surface area contributed by atoms with Crippen LogP contribution in [0.1, 0.15) is 46.5 Å². The van der Waals surface area contributed by atoms with Crippen LogP contribution in [0.25, 0.3) is 0 Å². The van der Waals surface area contributed by atoms with Crippen molar-refractivity contribution in [3.8, 4) is 0 Å². The van der Waals surface area contributed by atoms with E-state index in [-0.39, 0.29) is 17.6 Å². The molecule has 0 saturated heterocycles. The number of rotatable bonds is 7. The molecule has 1 aliphatic rings. The molecule has 3 amide bonds. The fourth-order valence-electron chi connectivity index (χ4n) is 3.40. The van der Waals surface area contributed by atoms with Crippen molar-refractivity contribution in [3.05, 3.63) is 71.0 Å². The average molecular weight is 382 g/mol. The quantitative estimate of drug-likeness (QED) is 0.748. The van der Waals surface area contributed by atoms with E-state index in [1.807, 2.05) is 13.8 Å². The van der Waals surface area contributed by atoms with Crippen LogP contribution in [-0.2, 0) is 11.2 Å². The zero-order valence-electron chi connectivity index (χ0n) is 15.9. The van der Waals surface area contributed by atoms with E-state index >= 15 is 0 Å². The summed E-state index contributed by atoms with van der Waals surface area (Å²) < 4.78 is 13.0. The Hall–Kier alpha value is -3.02. The van der Waals surface area contributed by atoms with Gasteiger partial charge in [-0.3, -0.25) is 19.3 Å². The summed E-state index contributed by atoms with van der Waals surface area (Å²) in [5.74, 6) is -1.71. The number of carbonyl (C=O) groups is 3. The summed E-state index contributed by atoms with van der Waals surface area (Å²) in [5, 5.41) is 2.83. The molecule has 2 unspecified atom stereocenters. The van der Waals surface area contributed by atoms with Crippen molar-refractivity contribution in [3.63, 3.8) is 0 Å². The number of nitrogens with zero attached hydrogens (tertiary/aromatic N) is 1. The van der Waals surface area contributed by atoms with Gasteiger partial charge < -0.3 is 5.32 Å². The molecule has 2 aromatic carbocycles. The van der Waals surface area contributed by atoms with Crippen molar-refractivity contribution in [2.24, 2.45) is 5.92 Å². The molecule has 5 nitrogen and oxygen atoms in total. The Morgan fingerprint density at radius 2 is 1.61 bits per heavy atom. The zero-order chi connectivity index (χ0) is 20.3. The van der Waals surface area contributed by atoms with Gasteiger partial charge in [0.05, 0.1) is 11.1 Å². The molecule has 28 heavy (non-hydrogen) atoms. The molecule has 0 bridgehead atoms. The van der Waals surface area contributed by atoms with Crippen LogP contribution in [0, 0.1) is 11.7 Å². The van der Waals surface area contributed by atoms with E-state index in [4.69, 9.17) is 0 Å². The van der Waals surface area contributed by atoms with Crippen LogP contribution in [0.3, 0.4) is 0 Å². The molecule has 1 aliphatic heterocycles. The van der Waals surface area contributed by atoms with Crippen molar-refractivity contribution in [2.75, 3.05) is 6.54 Å². The lowest BCUT2D eigenvalue weighted by molar-refractivity contribution is -0.126. The second-order valence-corrected chi connectivity index (χ2v) is 7.02. The summed E-state index contributed by atoms with van der Waals surface area (Å²) in [7, 11) is 0. The van der Waals surface area contributed by atoms with Crippen LogP contribution in [0.4, 0.5) is 4.39 Å². The Kier molecular flexibility index (Phi) is 5.87. The molecular weight excluding hydrogens is 359 g/mol. The van der Waals surface area contributed by atoms with Gasteiger partial charge >= 0.3 is 0 Å². The molecule has 0 saturated carbocycles. The minimum absolute atomic E-state index is 0.187.